The van der Waals surface area contributed by atoms with Crippen molar-refractivity contribution in [1.29, 1.82) is 0 Å². The average molecular weight is 356 g/mol. The maximum absolute atomic E-state index is 13.0. The van der Waals surface area contributed by atoms with Crippen molar-refractivity contribution in [2.45, 2.75) is 6.10 Å². The van der Waals surface area contributed by atoms with Crippen LogP contribution in [0.4, 0.5) is 4.39 Å². The molecule has 0 spiro atoms. The first-order valence-corrected chi connectivity index (χ1v) is 8.19. The standard InChI is InChI=1S/C18H13FN2O3S/c19-13-8-6-12(7-9-13)17-21-14(10-25-17)18(23)24-15(16(20)22)11-4-2-1-3-5-11/h1-10,15H,(H2,20,22). The molecule has 3 aromatic rings. The number of carbonyl (C=O) groups excluding carboxylic acids is 2. The Morgan fingerprint density at radius 3 is 2.40 bits per heavy atom. The molecule has 2 aromatic carbocycles. The first-order valence-electron chi connectivity index (χ1n) is 7.31. The monoisotopic (exact) mass is 356 g/mol. The zero-order valence-electron chi connectivity index (χ0n) is 12.9. The van der Waals surface area contributed by atoms with Gasteiger partial charge in [-0.1, -0.05) is 30.3 Å². The lowest BCUT2D eigenvalue weighted by molar-refractivity contribution is -0.127. The van der Waals surface area contributed by atoms with Crippen molar-refractivity contribution in [3.63, 3.8) is 0 Å². The normalized spacial score (nSPS) is 11.7. The van der Waals surface area contributed by atoms with Gasteiger partial charge >= 0.3 is 5.97 Å². The fourth-order valence-corrected chi connectivity index (χ4v) is 2.97. The number of amides is 1. The molecule has 3 rings (SSSR count). The van der Waals surface area contributed by atoms with Gasteiger partial charge in [0.2, 0.25) is 6.10 Å². The van der Waals surface area contributed by atoms with Gasteiger partial charge < -0.3 is 10.5 Å². The van der Waals surface area contributed by atoms with Crippen LogP contribution in [0.5, 0.6) is 0 Å². The third-order valence-electron chi connectivity index (χ3n) is 3.39. The van der Waals surface area contributed by atoms with Crippen molar-refractivity contribution < 1.29 is 18.7 Å². The topological polar surface area (TPSA) is 82.3 Å². The number of halogens is 1. The molecule has 0 aliphatic heterocycles. The van der Waals surface area contributed by atoms with E-state index in [9.17, 15) is 14.0 Å². The van der Waals surface area contributed by atoms with Gasteiger partial charge in [-0.15, -0.1) is 11.3 Å². The molecule has 25 heavy (non-hydrogen) atoms. The summed E-state index contributed by atoms with van der Waals surface area (Å²) in [4.78, 5) is 28.1. The molecule has 0 saturated heterocycles. The van der Waals surface area contributed by atoms with Crippen LogP contribution in [-0.4, -0.2) is 16.9 Å². The van der Waals surface area contributed by atoms with E-state index in [0.717, 1.165) is 0 Å². The minimum atomic E-state index is -1.19. The Labute approximate surface area is 146 Å². The summed E-state index contributed by atoms with van der Waals surface area (Å²) < 4.78 is 18.2. The number of benzene rings is 2. The van der Waals surface area contributed by atoms with Gasteiger partial charge in [-0.25, -0.2) is 14.2 Å². The number of nitrogens with two attached hydrogens (primary N) is 1. The highest BCUT2D eigenvalue weighted by atomic mass is 32.1. The van der Waals surface area contributed by atoms with E-state index in [1.54, 1.807) is 42.5 Å². The summed E-state index contributed by atoms with van der Waals surface area (Å²) in [5.41, 5.74) is 6.56. The van der Waals surface area contributed by atoms with Crippen molar-refractivity contribution >= 4 is 23.2 Å². The number of esters is 1. The van der Waals surface area contributed by atoms with E-state index in [1.807, 2.05) is 0 Å². The molecule has 2 N–H and O–H groups in total. The summed E-state index contributed by atoms with van der Waals surface area (Å²) in [6.45, 7) is 0. The zero-order chi connectivity index (χ0) is 17.8. The van der Waals surface area contributed by atoms with Crippen LogP contribution < -0.4 is 5.73 Å². The molecule has 0 aliphatic rings. The van der Waals surface area contributed by atoms with Crippen LogP contribution in [0.1, 0.15) is 22.2 Å². The molecule has 1 amide bonds. The van der Waals surface area contributed by atoms with E-state index >= 15 is 0 Å². The van der Waals surface area contributed by atoms with Gasteiger partial charge in [0.25, 0.3) is 5.91 Å². The van der Waals surface area contributed by atoms with Crippen LogP contribution in [0.25, 0.3) is 10.6 Å². The molecule has 1 aromatic heterocycles. The fraction of sp³-hybridized carbons (Fsp3) is 0.0556. The van der Waals surface area contributed by atoms with Gasteiger partial charge in [-0.2, -0.15) is 0 Å². The number of primary amides is 1. The third-order valence-corrected chi connectivity index (χ3v) is 4.28. The Morgan fingerprint density at radius 2 is 1.76 bits per heavy atom. The minimum Gasteiger partial charge on any atom is -0.443 e. The third kappa shape index (κ3) is 3.89. The molecular weight excluding hydrogens is 343 g/mol. The minimum absolute atomic E-state index is 0.0616. The van der Waals surface area contributed by atoms with E-state index in [-0.39, 0.29) is 11.5 Å². The first kappa shape index (κ1) is 16.8. The van der Waals surface area contributed by atoms with Gasteiger partial charge in [0.05, 0.1) is 0 Å². The SMILES string of the molecule is NC(=O)C(OC(=O)c1csc(-c2ccc(F)cc2)n1)c1ccccc1. The smallest absolute Gasteiger partial charge is 0.358 e. The number of aromatic nitrogens is 1. The highest BCUT2D eigenvalue weighted by molar-refractivity contribution is 7.13. The van der Waals surface area contributed by atoms with Gasteiger partial charge in [0.1, 0.15) is 10.8 Å². The van der Waals surface area contributed by atoms with E-state index in [1.165, 1.54) is 28.8 Å². The maximum Gasteiger partial charge on any atom is 0.358 e. The number of nitrogens with zero attached hydrogens (tertiary/aromatic N) is 1. The van der Waals surface area contributed by atoms with Gasteiger partial charge in [-0.3, -0.25) is 4.79 Å². The fourth-order valence-electron chi connectivity index (χ4n) is 2.18. The van der Waals surface area contributed by atoms with Crippen molar-refractivity contribution in [3.05, 3.63) is 77.1 Å². The zero-order valence-corrected chi connectivity index (χ0v) is 13.7. The first-order chi connectivity index (χ1) is 12.0. The van der Waals surface area contributed by atoms with E-state index in [0.29, 0.717) is 16.1 Å². The van der Waals surface area contributed by atoms with Gasteiger partial charge in [0, 0.05) is 16.5 Å². The molecule has 5 nitrogen and oxygen atoms in total. The Hall–Kier alpha value is -3.06. The quantitative estimate of drug-likeness (QED) is 0.711. The second-order valence-electron chi connectivity index (χ2n) is 5.14. The van der Waals surface area contributed by atoms with Crippen LogP contribution in [0.3, 0.4) is 0 Å². The van der Waals surface area contributed by atoms with Crippen molar-refractivity contribution in [1.82, 2.24) is 4.98 Å². The second kappa shape index (κ2) is 7.23. The highest BCUT2D eigenvalue weighted by Gasteiger charge is 2.24. The predicted octanol–water partition coefficient (Wildman–Crippen LogP) is 3.33. The largest absolute Gasteiger partial charge is 0.443 e. The molecule has 0 aliphatic carbocycles. The van der Waals surface area contributed by atoms with E-state index < -0.39 is 18.0 Å². The van der Waals surface area contributed by atoms with Crippen LogP contribution in [0.15, 0.2) is 60.0 Å². The number of thiazole rings is 1. The molecule has 0 saturated carbocycles. The average Bonchev–Trinajstić information content (AvgIpc) is 3.11. The lowest BCUT2D eigenvalue weighted by Gasteiger charge is -2.14. The summed E-state index contributed by atoms with van der Waals surface area (Å²) in [6.07, 6.45) is -1.19. The van der Waals surface area contributed by atoms with Crippen molar-refractivity contribution in [2.75, 3.05) is 0 Å². The summed E-state index contributed by atoms with van der Waals surface area (Å²) in [5.74, 6) is -1.88. The molecule has 0 radical (unpaired) electrons. The summed E-state index contributed by atoms with van der Waals surface area (Å²) in [5, 5.41) is 2.06. The molecular formula is C18H13FN2O3S. The molecule has 1 unspecified atom stereocenters. The summed E-state index contributed by atoms with van der Waals surface area (Å²) in [7, 11) is 0. The molecule has 1 heterocycles. The van der Waals surface area contributed by atoms with Crippen LogP contribution in [-0.2, 0) is 9.53 Å². The van der Waals surface area contributed by atoms with Crippen LogP contribution in [0.2, 0.25) is 0 Å². The predicted molar refractivity (Wildman–Crippen MR) is 91.3 cm³/mol. The van der Waals surface area contributed by atoms with E-state index in [4.69, 9.17) is 10.5 Å². The van der Waals surface area contributed by atoms with Crippen LogP contribution >= 0.6 is 11.3 Å². The highest BCUT2D eigenvalue weighted by Crippen LogP contribution is 2.25. The summed E-state index contributed by atoms with van der Waals surface area (Å²) >= 11 is 1.22. The lowest BCUT2D eigenvalue weighted by Crippen LogP contribution is -2.26. The maximum atomic E-state index is 13.0. The molecule has 7 heteroatoms. The number of rotatable bonds is 5. The lowest BCUT2D eigenvalue weighted by atomic mass is 10.1. The Balaban J connectivity index is 1.79. The number of carbonyl (C=O) groups is 2. The summed E-state index contributed by atoms with van der Waals surface area (Å²) in [6, 6.07) is 14.3. The molecule has 126 valence electrons. The van der Waals surface area contributed by atoms with Gasteiger partial charge in [-0.05, 0) is 24.3 Å². The van der Waals surface area contributed by atoms with E-state index in [2.05, 4.69) is 4.98 Å². The number of ether oxygens (including phenoxy) is 1. The second-order valence-corrected chi connectivity index (χ2v) is 6.00. The Kier molecular flexibility index (Phi) is 4.85. The number of hydrogen-bond acceptors (Lipinski definition) is 5. The molecule has 1 atom stereocenters. The molecule has 0 bridgehead atoms. The molecule has 0 fully saturated rings. The Morgan fingerprint density at radius 1 is 1.08 bits per heavy atom. The Bertz CT molecular complexity index is 894. The number of hydrogen-bond donors (Lipinski definition) is 1. The van der Waals surface area contributed by atoms with Crippen molar-refractivity contribution in [2.24, 2.45) is 5.73 Å². The van der Waals surface area contributed by atoms with Crippen LogP contribution in [0, 0.1) is 5.82 Å². The van der Waals surface area contributed by atoms with Gasteiger partial charge in [0.15, 0.2) is 5.69 Å². The van der Waals surface area contributed by atoms with Crippen molar-refractivity contribution in [3.8, 4) is 10.6 Å².